The van der Waals surface area contributed by atoms with Gasteiger partial charge in [-0.1, -0.05) is 24.3 Å². The van der Waals surface area contributed by atoms with E-state index in [0.717, 1.165) is 21.5 Å². The zero-order valence-electron chi connectivity index (χ0n) is 22.0. The number of thiophene rings is 1. The molecule has 1 saturated heterocycles. The summed E-state index contributed by atoms with van der Waals surface area (Å²) in [4.78, 5) is 40.2. The van der Waals surface area contributed by atoms with Crippen LogP contribution < -0.4 is 26.6 Å². The molecule has 0 atom stereocenters. The quantitative estimate of drug-likeness (QED) is 0.320. The molecule has 2 aromatic heterocycles. The second-order valence-corrected chi connectivity index (χ2v) is 12.4. The largest absolute Gasteiger partial charge is 0.497 e. The van der Waals surface area contributed by atoms with E-state index in [2.05, 4.69) is 10.6 Å². The summed E-state index contributed by atoms with van der Waals surface area (Å²) < 4.78 is 34.9. The second kappa shape index (κ2) is 11.4. The van der Waals surface area contributed by atoms with Gasteiger partial charge in [-0.25, -0.2) is 13.2 Å². The summed E-state index contributed by atoms with van der Waals surface area (Å²) in [5.74, 6) is 0.323. The van der Waals surface area contributed by atoms with Crippen molar-refractivity contribution in [2.24, 2.45) is 7.05 Å². The summed E-state index contributed by atoms with van der Waals surface area (Å²) in [5.41, 5.74) is 0.415. The van der Waals surface area contributed by atoms with E-state index in [0.29, 0.717) is 47.2 Å². The summed E-state index contributed by atoms with van der Waals surface area (Å²) in [5, 5.41) is 6.23. The molecule has 5 rings (SSSR count). The number of aromatic nitrogens is 2. The number of fused-ring (bicyclic) bond motifs is 1. The van der Waals surface area contributed by atoms with Crippen LogP contribution in [0.3, 0.4) is 0 Å². The monoisotopic (exact) mass is 583 g/mol. The van der Waals surface area contributed by atoms with Crippen molar-refractivity contribution in [2.45, 2.75) is 18.0 Å². The van der Waals surface area contributed by atoms with Gasteiger partial charge in [0.25, 0.3) is 11.5 Å². The molecule has 0 radical (unpaired) electrons. The fraction of sp³-hybridized carbons (Fsp3) is 0.296. The first-order valence-electron chi connectivity index (χ1n) is 12.6. The van der Waals surface area contributed by atoms with E-state index in [1.165, 1.54) is 27.1 Å². The van der Waals surface area contributed by atoms with Gasteiger partial charge in [0.05, 0.1) is 28.8 Å². The van der Waals surface area contributed by atoms with E-state index in [4.69, 9.17) is 4.74 Å². The number of rotatable bonds is 8. The maximum Gasteiger partial charge on any atom is 0.332 e. The van der Waals surface area contributed by atoms with Crippen molar-refractivity contribution in [1.82, 2.24) is 24.1 Å². The molecule has 0 unspecified atom stereocenters. The molecule has 2 N–H and O–H groups in total. The molecule has 1 amide bonds. The lowest BCUT2D eigenvalue weighted by Gasteiger charge is -2.26. The van der Waals surface area contributed by atoms with Gasteiger partial charge < -0.3 is 15.4 Å². The van der Waals surface area contributed by atoms with Gasteiger partial charge in [0.15, 0.2) is 0 Å². The molecule has 2 aromatic carbocycles. The number of amides is 1. The fourth-order valence-electron chi connectivity index (χ4n) is 4.57. The first-order valence-corrected chi connectivity index (χ1v) is 14.9. The molecule has 11 nitrogen and oxygen atoms in total. The van der Waals surface area contributed by atoms with Gasteiger partial charge in [-0.15, -0.1) is 11.3 Å². The minimum atomic E-state index is -3.62. The maximum atomic E-state index is 13.3. The van der Waals surface area contributed by atoms with Gasteiger partial charge in [-0.2, -0.15) is 4.31 Å². The molecule has 0 saturated carbocycles. The van der Waals surface area contributed by atoms with Gasteiger partial charge in [0.2, 0.25) is 10.0 Å². The Labute approximate surface area is 234 Å². The van der Waals surface area contributed by atoms with Gasteiger partial charge in [-0.05, 0) is 41.5 Å². The topological polar surface area (TPSA) is 132 Å². The smallest absolute Gasteiger partial charge is 0.332 e. The van der Waals surface area contributed by atoms with E-state index in [1.807, 2.05) is 24.3 Å². The Hall–Kier alpha value is -3.78. The molecule has 0 aliphatic carbocycles. The van der Waals surface area contributed by atoms with E-state index in [-0.39, 0.29) is 29.3 Å². The number of hydrogen-bond acceptors (Lipinski definition) is 8. The molecule has 1 aliphatic heterocycles. The Bertz CT molecular complexity index is 1780. The first kappa shape index (κ1) is 27.8. The van der Waals surface area contributed by atoms with E-state index < -0.39 is 21.3 Å². The molecule has 0 spiro atoms. The van der Waals surface area contributed by atoms with Crippen LogP contribution in [0.5, 0.6) is 5.75 Å². The van der Waals surface area contributed by atoms with E-state index >= 15 is 0 Å². The van der Waals surface area contributed by atoms with Crippen LogP contribution in [0.25, 0.3) is 10.2 Å². The number of hydrogen-bond donors (Lipinski definition) is 2. The summed E-state index contributed by atoms with van der Waals surface area (Å²) >= 11 is 1.07. The molecule has 3 heterocycles. The number of sulfonamides is 1. The summed E-state index contributed by atoms with van der Waals surface area (Å²) in [6, 6.07) is 15.0. The van der Waals surface area contributed by atoms with Crippen LogP contribution in [0.2, 0.25) is 0 Å². The third-order valence-electron chi connectivity index (χ3n) is 6.80. The van der Waals surface area contributed by atoms with Crippen LogP contribution >= 0.6 is 11.3 Å². The van der Waals surface area contributed by atoms with E-state index in [9.17, 15) is 22.8 Å². The zero-order valence-corrected chi connectivity index (χ0v) is 23.7. The van der Waals surface area contributed by atoms with Crippen LogP contribution in [0.15, 0.2) is 69.1 Å². The number of nitrogens with one attached hydrogen (secondary N) is 2. The number of nitrogens with zero attached hydrogens (tertiary/aromatic N) is 3. The Morgan fingerprint density at radius 3 is 2.48 bits per heavy atom. The molecule has 1 aliphatic rings. The van der Waals surface area contributed by atoms with Crippen molar-refractivity contribution in [3.8, 4) is 5.75 Å². The zero-order chi connectivity index (χ0) is 28.4. The van der Waals surface area contributed by atoms with Crippen LogP contribution in [0.1, 0.15) is 20.8 Å². The third kappa shape index (κ3) is 5.45. The molecule has 40 heavy (non-hydrogen) atoms. The molecule has 13 heteroatoms. The van der Waals surface area contributed by atoms with Crippen molar-refractivity contribution in [2.75, 3.05) is 33.3 Å². The van der Waals surface area contributed by atoms with Crippen molar-refractivity contribution in [3.05, 3.63) is 91.4 Å². The summed E-state index contributed by atoms with van der Waals surface area (Å²) in [6.07, 6.45) is 0. The highest BCUT2D eigenvalue weighted by atomic mass is 32.2. The minimum absolute atomic E-state index is 0.0391. The van der Waals surface area contributed by atoms with Crippen LogP contribution in [0.4, 0.5) is 0 Å². The predicted molar refractivity (Wildman–Crippen MR) is 153 cm³/mol. The molecule has 1 fully saturated rings. The lowest BCUT2D eigenvalue weighted by atomic mass is 10.2. The SMILES string of the molecule is COc1cccc(CNC(=O)c2cc3c(=O)n(Cc4ccc(S(=O)(=O)N5CCNCC5)cc4)c(=O)n(C)c3s2)c1. The molecular weight excluding hydrogens is 554 g/mol. The lowest BCUT2D eigenvalue weighted by Crippen LogP contribution is -2.46. The number of ether oxygens (including phenoxy) is 1. The number of methoxy groups -OCH3 is 1. The number of benzene rings is 2. The number of piperazine rings is 1. The van der Waals surface area contributed by atoms with Crippen molar-refractivity contribution < 1.29 is 17.9 Å². The highest BCUT2D eigenvalue weighted by molar-refractivity contribution is 7.89. The number of aryl methyl sites for hydroxylation is 1. The minimum Gasteiger partial charge on any atom is -0.497 e. The van der Waals surface area contributed by atoms with Crippen LogP contribution in [-0.2, 0) is 30.2 Å². The van der Waals surface area contributed by atoms with Crippen LogP contribution in [-0.4, -0.2) is 61.1 Å². The molecule has 0 bridgehead atoms. The lowest BCUT2D eigenvalue weighted by molar-refractivity contribution is 0.0955. The average molecular weight is 584 g/mol. The Morgan fingerprint density at radius 1 is 1.05 bits per heavy atom. The normalized spacial score (nSPS) is 14.3. The number of carbonyl (C=O) groups is 1. The Morgan fingerprint density at radius 2 is 1.77 bits per heavy atom. The predicted octanol–water partition coefficient (Wildman–Crippen LogP) is 1.34. The maximum absolute atomic E-state index is 13.3. The molecule has 210 valence electrons. The molecular formula is C27H29N5O6S2. The summed E-state index contributed by atoms with van der Waals surface area (Å²) in [7, 11) is -0.496. The van der Waals surface area contributed by atoms with E-state index in [1.54, 1.807) is 26.3 Å². The fourth-order valence-corrected chi connectivity index (χ4v) is 7.03. The first-order chi connectivity index (χ1) is 19.2. The van der Waals surface area contributed by atoms with Gasteiger partial charge >= 0.3 is 5.69 Å². The van der Waals surface area contributed by atoms with Crippen LogP contribution in [0, 0.1) is 0 Å². The van der Waals surface area contributed by atoms with Gasteiger partial charge in [-0.3, -0.25) is 18.7 Å². The van der Waals surface area contributed by atoms with Crippen molar-refractivity contribution in [1.29, 1.82) is 0 Å². The summed E-state index contributed by atoms with van der Waals surface area (Å²) in [6.45, 7) is 2.23. The Kier molecular flexibility index (Phi) is 7.90. The number of carbonyl (C=O) groups excluding carboxylic acids is 1. The highest BCUT2D eigenvalue weighted by Crippen LogP contribution is 2.22. The standard InChI is InChI=1S/C27H29N5O6S2/c1-30-26-22(15-23(39-26)24(33)29-16-19-4-3-5-20(14-19)38-2)25(34)32(27(30)35)17-18-6-8-21(9-7-18)40(36,37)31-12-10-28-11-13-31/h3-9,14-15,28H,10-13,16-17H2,1-2H3,(H,29,33). The van der Waals surface area contributed by atoms with Crippen molar-refractivity contribution in [3.63, 3.8) is 0 Å². The molecule has 4 aromatic rings. The highest BCUT2D eigenvalue weighted by Gasteiger charge is 2.26. The average Bonchev–Trinajstić information content (AvgIpc) is 3.44. The van der Waals surface area contributed by atoms with Crippen molar-refractivity contribution >= 4 is 37.5 Å². The third-order valence-corrected chi connectivity index (χ3v) is 9.92. The van der Waals surface area contributed by atoms with Gasteiger partial charge in [0, 0.05) is 39.8 Å². The van der Waals surface area contributed by atoms with Gasteiger partial charge in [0.1, 0.15) is 10.6 Å². The Balaban J connectivity index is 1.37. The second-order valence-electron chi connectivity index (χ2n) is 9.39.